The van der Waals surface area contributed by atoms with Crippen LogP contribution >= 0.6 is 0 Å². The number of urea groups is 1. The van der Waals surface area contributed by atoms with Gasteiger partial charge < -0.3 is 15.7 Å². The number of aromatic nitrogens is 2. The molecule has 0 radical (unpaired) electrons. The van der Waals surface area contributed by atoms with E-state index in [0.29, 0.717) is 13.0 Å². The first-order chi connectivity index (χ1) is 11.0. The molecule has 0 aliphatic heterocycles. The number of nitrogens with one attached hydrogen (secondary N) is 2. The maximum absolute atomic E-state index is 11.8. The second-order valence-corrected chi connectivity index (χ2v) is 5.77. The van der Waals surface area contributed by atoms with Crippen LogP contribution in [-0.4, -0.2) is 34.0 Å². The number of rotatable bonds is 6. The minimum absolute atomic E-state index is 0.181. The van der Waals surface area contributed by atoms with Gasteiger partial charge in [-0.25, -0.2) is 4.79 Å². The second-order valence-electron chi connectivity index (χ2n) is 5.77. The Morgan fingerprint density at radius 2 is 1.96 bits per heavy atom. The Balaban J connectivity index is 1.74. The molecular weight excluding hydrogens is 292 g/mol. The van der Waals surface area contributed by atoms with Gasteiger partial charge in [0.25, 0.3) is 0 Å². The zero-order valence-corrected chi connectivity index (χ0v) is 13.8. The minimum atomic E-state index is -0.712. The van der Waals surface area contributed by atoms with Crippen molar-refractivity contribution >= 4 is 6.03 Å². The fourth-order valence-corrected chi connectivity index (χ4v) is 2.52. The molecule has 1 aromatic heterocycles. The van der Waals surface area contributed by atoms with Crippen LogP contribution in [-0.2, 0) is 13.5 Å². The summed E-state index contributed by atoms with van der Waals surface area (Å²) < 4.78 is 1.78. The quantitative estimate of drug-likeness (QED) is 0.757. The van der Waals surface area contributed by atoms with Crippen molar-refractivity contribution in [3.8, 4) is 0 Å². The lowest BCUT2D eigenvalue weighted by atomic mass is 10.0. The number of benzene rings is 1. The number of hydrogen-bond acceptors (Lipinski definition) is 3. The molecule has 2 rings (SSSR count). The summed E-state index contributed by atoms with van der Waals surface area (Å²) in [6.45, 7) is 4.68. The summed E-state index contributed by atoms with van der Waals surface area (Å²) in [5, 5.41) is 19.7. The van der Waals surface area contributed by atoms with Crippen LogP contribution in [0.5, 0.6) is 0 Å². The molecular formula is C17H24N4O2. The van der Waals surface area contributed by atoms with E-state index < -0.39 is 6.10 Å². The Labute approximate surface area is 136 Å². The largest absolute Gasteiger partial charge is 0.387 e. The van der Waals surface area contributed by atoms with Crippen molar-refractivity contribution in [1.29, 1.82) is 0 Å². The van der Waals surface area contributed by atoms with E-state index in [9.17, 15) is 9.90 Å². The van der Waals surface area contributed by atoms with Crippen LogP contribution in [0.1, 0.15) is 28.5 Å². The Hall–Kier alpha value is -2.34. The van der Waals surface area contributed by atoms with E-state index >= 15 is 0 Å². The van der Waals surface area contributed by atoms with Crippen molar-refractivity contribution in [2.45, 2.75) is 26.4 Å². The number of aryl methyl sites for hydroxylation is 3. The molecule has 0 bridgehead atoms. The van der Waals surface area contributed by atoms with Crippen LogP contribution in [0.15, 0.2) is 30.5 Å². The van der Waals surface area contributed by atoms with Gasteiger partial charge in [0, 0.05) is 38.4 Å². The van der Waals surface area contributed by atoms with Gasteiger partial charge in [-0.05, 0) is 25.5 Å². The predicted molar refractivity (Wildman–Crippen MR) is 89.2 cm³/mol. The SMILES string of the molecule is Cc1cc(C)cc(C(O)CNC(=O)NCCc2ccnn2C)c1. The average molecular weight is 316 g/mol. The van der Waals surface area contributed by atoms with Crippen molar-refractivity contribution in [2.24, 2.45) is 7.05 Å². The lowest BCUT2D eigenvalue weighted by molar-refractivity contribution is 0.173. The number of carbonyl (C=O) groups is 1. The third kappa shape index (κ3) is 5.10. The van der Waals surface area contributed by atoms with Crippen LogP contribution in [0.2, 0.25) is 0 Å². The molecule has 1 unspecified atom stereocenters. The first-order valence-electron chi connectivity index (χ1n) is 7.70. The van der Waals surface area contributed by atoms with Crippen molar-refractivity contribution in [1.82, 2.24) is 20.4 Å². The number of amides is 2. The van der Waals surface area contributed by atoms with Crippen molar-refractivity contribution in [3.05, 3.63) is 52.8 Å². The van der Waals surface area contributed by atoms with E-state index in [1.807, 2.05) is 39.1 Å². The minimum Gasteiger partial charge on any atom is -0.387 e. The normalized spacial score (nSPS) is 12.0. The first-order valence-corrected chi connectivity index (χ1v) is 7.70. The van der Waals surface area contributed by atoms with Gasteiger partial charge in [-0.15, -0.1) is 0 Å². The molecule has 0 saturated heterocycles. The lowest BCUT2D eigenvalue weighted by Crippen LogP contribution is -2.38. The summed E-state index contributed by atoms with van der Waals surface area (Å²) >= 11 is 0. The average Bonchev–Trinajstić information content (AvgIpc) is 2.89. The third-order valence-corrected chi connectivity index (χ3v) is 3.67. The molecule has 23 heavy (non-hydrogen) atoms. The Kier molecular flexibility index (Phi) is 5.76. The van der Waals surface area contributed by atoms with Gasteiger partial charge in [-0.1, -0.05) is 29.3 Å². The molecule has 0 fully saturated rings. The second kappa shape index (κ2) is 7.78. The molecule has 2 aromatic rings. The van der Waals surface area contributed by atoms with E-state index in [4.69, 9.17) is 0 Å². The van der Waals surface area contributed by atoms with Gasteiger partial charge in [0.2, 0.25) is 0 Å². The van der Waals surface area contributed by atoms with E-state index in [0.717, 1.165) is 22.4 Å². The van der Waals surface area contributed by atoms with Gasteiger partial charge in [-0.3, -0.25) is 4.68 Å². The molecule has 6 heteroatoms. The fraction of sp³-hybridized carbons (Fsp3) is 0.412. The molecule has 0 aliphatic rings. The number of aliphatic hydroxyl groups excluding tert-OH is 1. The van der Waals surface area contributed by atoms with E-state index in [1.54, 1.807) is 10.9 Å². The van der Waals surface area contributed by atoms with Gasteiger partial charge in [-0.2, -0.15) is 5.10 Å². The summed E-state index contributed by atoms with van der Waals surface area (Å²) in [5.74, 6) is 0. The van der Waals surface area contributed by atoms with E-state index in [-0.39, 0.29) is 12.6 Å². The molecule has 2 amide bonds. The van der Waals surface area contributed by atoms with Crippen LogP contribution < -0.4 is 10.6 Å². The Morgan fingerprint density at radius 1 is 1.26 bits per heavy atom. The molecule has 3 N–H and O–H groups in total. The highest BCUT2D eigenvalue weighted by atomic mass is 16.3. The van der Waals surface area contributed by atoms with E-state index in [1.165, 1.54) is 0 Å². The molecule has 6 nitrogen and oxygen atoms in total. The highest BCUT2D eigenvalue weighted by Crippen LogP contribution is 2.16. The maximum atomic E-state index is 11.8. The number of aliphatic hydroxyl groups is 1. The highest BCUT2D eigenvalue weighted by molar-refractivity contribution is 5.73. The number of carbonyl (C=O) groups excluding carboxylic acids is 1. The highest BCUT2D eigenvalue weighted by Gasteiger charge is 2.10. The fourth-order valence-electron chi connectivity index (χ4n) is 2.52. The molecule has 0 spiro atoms. The zero-order chi connectivity index (χ0) is 16.8. The Morgan fingerprint density at radius 3 is 2.57 bits per heavy atom. The summed E-state index contributed by atoms with van der Waals surface area (Å²) in [7, 11) is 1.87. The van der Waals surface area contributed by atoms with Crippen LogP contribution in [0.25, 0.3) is 0 Å². The maximum Gasteiger partial charge on any atom is 0.314 e. The number of nitrogens with zero attached hydrogens (tertiary/aromatic N) is 2. The standard InChI is InChI=1S/C17H24N4O2/c1-12-8-13(2)10-14(9-12)16(22)11-19-17(23)18-6-4-15-5-7-20-21(15)3/h5,7-10,16,22H,4,6,11H2,1-3H3,(H2,18,19,23). The third-order valence-electron chi connectivity index (χ3n) is 3.67. The van der Waals surface area contributed by atoms with Crippen molar-refractivity contribution < 1.29 is 9.90 Å². The van der Waals surface area contributed by atoms with Crippen LogP contribution in [0.3, 0.4) is 0 Å². The monoisotopic (exact) mass is 316 g/mol. The van der Waals surface area contributed by atoms with Crippen LogP contribution in [0.4, 0.5) is 4.79 Å². The molecule has 0 aliphatic carbocycles. The van der Waals surface area contributed by atoms with Crippen LogP contribution in [0, 0.1) is 13.8 Å². The van der Waals surface area contributed by atoms with Gasteiger partial charge in [0.05, 0.1) is 6.10 Å². The molecule has 1 atom stereocenters. The summed E-state index contributed by atoms with van der Waals surface area (Å²) in [4.78, 5) is 11.8. The molecule has 1 heterocycles. The summed E-state index contributed by atoms with van der Waals surface area (Å²) in [5.41, 5.74) is 4.07. The van der Waals surface area contributed by atoms with Crippen molar-refractivity contribution in [2.75, 3.05) is 13.1 Å². The molecule has 0 saturated carbocycles. The molecule has 1 aromatic carbocycles. The van der Waals surface area contributed by atoms with Gasteiger partial charge >= 0.3 is 6.03 Å². The van der Waals surface area contributed by atoms with Gasteiger partial charge in [0.1, 0.15) is 0 Å². The Bertz CT molecular complexity index is 646. The van der Waals surface area contributed by atoms with Gasteiger partial charge in [0.15, 0.2) is 0 Å². The molecule has 124 valence electrons. The van der Waals surface area contributed by atoms with E-state index in [2.05, 4.69) is 21.8 Å². The topological polar surface area (TPSA) is 79.2 Å². The first kappa shape index (κ1) is 17.0. The predicted octanol–water partition coefficient (Wildman–Crippen LogP) is 1.61. The zero-order valence-electron chi connectivity index (χ0n) is 13.8. The smallest absolute Gasteiger partial charge is 0.314 e. The summed E-state index contributed by atoms with van der Waals surface area (Å²) in [6.07, 6.45) is 1.73. The van der Waals surface area contributed by atoms with Crippen molar-refractivity contribution in [3.63, 3.8) is 0 Å². The lowest BCUT2D eigenvalue weighted by Gasteiger charge is -2.14. The number of hydrogen-bond donors (Lipinski definition) is 3. The summed E-state index contributed by atoms with van der Waals surface area (Å²) in [6, 6.07) is 7.55.